The Bertz CT molecular complexity index is 598. The number of hydrogen-bond donors (Lipinski definition) is 0. The average Bonchev–Trinajstić information content (AvgIpc) is 2.60. The molecule has 0 fully saturated rings. The molecule has 0 amide bonds. The summed E-state index contributed by atoms with van der Waals surface area (Å²) in [5, 5.41) is 13.4. The van der Waals surface area contributed by atoms with Crippen molar-refractivity contribution in [2.75, 3.05) is 0 Å². The van der Waals surface area contributed by atoms with Crippen LogP contribution in [0.4, 0.5) is 4.39 Å². The third kappa shape index (κ3) is 2.45. The standard InChI is InChI=1S/C12H9ClFN3/c1-8-12(13)6-16-17(8)7-10-2-9(5-15)3-11(14)4-10/h2-4,6H,7H2,1H3. The molecule has 0 aliphatic rings. The normalized spacial score (nSPS) is 10.2. The SMILES string of the molecule is Cc1c(Cl)cnn1Cc1cc(F)cc(C#N)c1. The highest BCUT2D eigenvalue weighted by molar-refractivity contribution is 6.31. The lowest BCUT2D eigenvalue weighted by molar-refractivity contribution is 0.616. The molecular weight excluding hydrogens is 241 g/mol. The topological polar surface area (TPSA) is 41.6 Å². The first-order valence-corrected chi connectivity index (χ1v) is 5.35. The van der Waals surface area contributed by atoms with Crippen molar-refractivity contribution >= 4 is 11.6 Å². The molecule has 5 heteroatoms. The van der Waals surface area contributed by atoms with Gasteiger partial charge in [-0.3, -0.25) is 4.68 Å². The molecule has 0 aliphatic heterocycles. The largest absolute Gasteiger partial charge is 0.264 e. The third-order valence-corrected chi connectivity index (χ3v) is 2.83. The first kappa shape index (κ1) is 11.6. The third-order valence-electron chi connectivity index (χ3n) is 2.46. The van der Waals surface area contributed by atoms with Crippen molar-refractivity contribution in [1.82, 2.24) is 9.78 Å². The van der Waals surface area contributed by atoms with Crippen LogP contribution in [0, 0.1) is 24.1 Å². The van der Waals surface area contributed by atoms with Gasteiger partial charge in [-0.2, -0.15) is 10.4 Å². The summed E-state index contributed by atoms with van der Waals surface area (Å²) in [7, 11) is 0. The molecule has 0 bridgehead atoms. The van der Waals surface area contributed by atoms with Crippen LogP contribution in [-0.2, 0) is 6.54 Å². The Morgan fingerprint density at radius 2 is 2.24 bits per heavy atom. The number of benzene rings is 1. The van der Waals surface area contributed by atoms with Crippen LogP contribution in [0.5, 0.6) is 0 Å². The van der Waals surface area contributed by atoms with Gasteiger partial charge in [-0.1, -0.05) is 11.6 Å². The van der Waals surface area contributed by atoms with E-state index in [1.807, 2.05) is 13.0 Å². The van der Waals surface area contributed by atoms with E-state index in [9.17, 15) is 4.39 Å². The van der Waals surface area contributed by atoms with Gasteiger partial charge in [-0.25, -0.2) is 4.39 Å². The van der Waals surface area contributed by atoms with Gasteiger partial charge in [0.25, 0.3) is 0 Å². The van der Waals surface area contributed by atoms with Gasteiger partial charge >= 0.3 is 0 Å². The first-order valence-electron chi connectivity index (χ1n) is 4.97. The van der Waals surface area contributed by atoms with Gasteiger partial charge in [-0.15, -0.1) is 0 Å². The molecule has 2 rings (SSSR count). The second kappa shape index (κ2) is 4.56. The van der Waals surface area contributed by atoms with Crippen LogP contribution in [0.3, 0.4) is 0 Å². The Morgan fingerprint density at radius 1 is 1.47 bits per heavy atom. The van der Waals surface area contributed by atoms with E-state index in [0.29, 0.717) is 22.7 Å². The molecule has 86 valence electrons. The quantitative estimate of drug-likeness (QED) is 0.821. The molecule has 0 spiro atoms. The summed E-state index contributed by atoms with van der Waals surface area (Å²) in [6.07, 6.45) is 1.54. The summed E-state index contributed by atoms with van der Waals surface area (Å²) in [5.41, 5.74) is 1.80. The molecule has 2 aromatic rings. The van der Waals surface area contributed by atoms with Crippen molar-refractivity contribution in [3.63, 3.8) is 0 Å². The monoisotopic (exact) mass is 249 g/mol. The molecule has 0 unspecified atom stereocenters. The van der Waals surface area contributed by atoms with Crippen LogP contribution in [0.15, 0.2) is 24.4 Å². The van der Waals surface area contributed by atoms with Gasteiger partial charge in [0.05, 0.1) is 35.1 Å². The van der Waals surface area contributed by atoms with Crippen LogP contribution in [0.2, 0.25) is 5.02 Å². The molecule has 1 heterocycles. The Balaban J connectivity index is 2.33. The van der Waals surface area contributed by atoms with E-state index >= 15 is 0 Å². The summed E-state index contributed by atoms with van der Waals surface area (Å²) in [5.74, 6) is -0.421. The molecule has 0 saturated heterocycles. The second-order valence-electron chi connectivity index (χ2n) is 3.70. The smallest absolute Gasteiger partial charge is 0.124 e. The lowest BCUT2D eigenvalue weighted by atomic mass is 10.1. The molecular formula is C12H9ClFN3. The summed E-state index contributed by atoms with van der Waals surface area (Å²) in [6, 6.07) is 6.14. The molecule has 1 aromatic heterocycles. The lowest BCUT2D eigenvalue weighted by Crippen LogP contribution is -2.04. The van der Waals surface area contributed by atoms with E-state index < -0.39 is 5.82 Å². The van der Waals surface area contributed by atoms with Crippen molar-refractivity contribution in [1.29, 1.82) is 5.26 Å². The number of rotatable bonds is 2. The maximum atomic E-state index is 13.2. The molecule has 0 atom stereocenters. The lowest BCUT2D eigenvalue weighted by Gasteiger charge is -2.05. The van der Waals surface area contributed by atoms with Gasteiger partial charge in [0.1, 0.15) is 5.82 Å². The van der Waals surface area contributed by atoms with Crippen LogP contribution < -0.4 is 0 Å². The van der Waals surface area contributed by atoms with Gasteiger partial charge in [0.2, 0.25) is 0 Å². The van der Waals surface area contributed by atoms with E-state index in [0.717, 1.165) is 5.69 Å². The van der Waals surface area contributed by atoms with Crippen LogP contribution in [0.25, 0.3) is 0 Å². The average molecular weight is 250 g/mol. The zero-order chi connectivity index (χ0) is 12.4. The summed E-state index contributed by atoms with van der Waals surface area (Å²) in [4.78, 5) is 0. The maximum Gasteiger partial charge on any atom is 0.124 e. The van der Waals surface area contributed by atoms with Crippen molar-refractivity contribution in [3.8, 4) is 6.07 Å². The molecule has 0 N–H and O–H groups in total. The zero-order valence-corrected chi connectivity index (χ0v) is 9.87. The van der Waals surface area contributed by atoms with E-state index in [1.54, 1.807) is 16.9 Å². The highest BCUT2D eigenvalue weighted by atomic mass is 35.5. The Hall–Kier alpha value is -1.86. The first-order chi connectivity index (χ1) is 8.10. The number of halogens is 2. The molecule has 0 radical (unpaired) electrons. The van der Waals surface area contributed by atoms with E-state index in [1.165, 1.54) is 12.1 Å². The minimum absolute atomic E-state index is 0.302. The number of aromatic nitrogens is 2. The van der Waals surface area contributed by atoms with Gasteiger partial charge in [0, 0.05) is 0 Å². The summed E-state index contributed by atoms with van der Waals surface area (Å²) in [6.45, 7) is 2.23. The Morgan fingerprint density at radius 3 is 2.82 bits per heavy atom. The van der Waals surface area contributed by atoms with Gasteiger partial charge in [-0.05, 0) is 30.7 Å². The highest BCUT2D eigenvalue weighted by Gasteiger charge is 2.06. The zero-order valence-electron chi connectivity index (χ0n) is 9.11. The summed E-state index contributed by atoms with van der Waals surface area (Å²) >= 11 is 5.88. The number of hydrogen-bond acceptors (Lipinski definition) is 2. The number of nitriles is 1. The molecule has 1 aromatic carbocycles. The maximum absolute atomic E-state index is 13.2. The van der Waals surface area contributed by atoms with Gasteiger partial charge in [0.15, 0.2) is 0 Å². The van der Waals surface area contributed by atoms with E-state index in [4.69, 9.17) is 16.9 Å². The van der Waals surface area contributed by atoms with Gasteiger partial charge < -0.3 is 0 Å². The van der Waals surface area contributed by atoms with Crippen molar-refractivity contribution < 1.29 is 4.39 Å². The fourth-order valence-electron chi connectivity index (χ4n) is 1.56. The Kier molecular flexibility index (Phi) is 3.12. The van der Waals surface area contributed by atoms with E-state index in [-0.39, 0.29) is 0 Å². The second-order valence-corrected chi connectivity index (χ2v) is 4.10. The predicted molar refractivity (Wildman–Crippen MR) is 62.2 cm³/mol. The predicted octanol–water partition coefficient (Wildman–Crippen LogP) is 2.90. The number of nitrogens with zero attached hydrogens (tertiary/aromatic N) is 3. The van der Waals surface area contributed by atoms with Crippen LogP contribution in [-0.4, -0.2) is 9.78 Å². The van der Waals surface area contributed by atoms with Crippen molar-refractivity contribution in [2.45, 2.75) is 13.5 Å². The fourth-order valence-corrected chi connectivity index (χ4v) is 1.70. The molecule has 3 nitrogen and oxygen atoms in total. The van der Waals surface area contributed by atoms with Crippen LogP contribution >= 0.6 is 11.6 Å². The molecule has 0 aliphatic carbocycles. The van der Waals surface area contributed by atoms with Crippen LogP contribution in [0.1, 0.15) is 16.8 Å². The van der Waals surface area contributed by atoms with Crippen molar-refractivity contribution in [2.24, 2.45) is 0 Å². The van der Waals surface area contributed by atoms with E-state index in [2.05, 4.69) is 5.10 Å². The minimum atomic E-state index is -0.421. The minimum Gasteiger partial charge on any atom is -0.264 e. The summed E-state index contributed by atoms with van der Waals surface area (Å²) < 4.78 is 14.9. The highest BCUT2D eigenvalue weighted by Crippen LogP contribution is 2.16. The fraction of sp³-hybridized carbons (Fsp3) is 0.167. The van der Waals surface area contributed by atoms with Crippen molar-refractivity contribution in [3.05, 3.63) is 52.1 Å². The Labute approximate surface area is 103 Å². The molecule has 17 heavy (non-hydrogen) atoms. The molecule has 0 saturated carbocycles.